The van der Waals surface area contributed by atoms with E-state index in [2.05, 4.69) is 21.8 Å². The number of benzene rings is 1. The second kappa shape index (κ2) is 11.2. The minimum absolute atomic E-state index is 0.00844. The number of hydrogen-bond donors (Lipinski definition) is 1. The van der Waals surface area contributed by atoms with Gasteiger partial charge in [-0.1, -0.05) is 12.6 Å². The zero-order valence-corrected chi connectivity index (χ0v) is 22.3. The van der Waals surface area contributed by atoms with Crippen molar-refractivity contribution in [3.63, 3.8) is 0 Å². The van der Waals surface area contributed by atoms with Crippen LogP contribution in [-0.2, 0) is 14.4 Å². The fourth-order valence-corrected chi connectivity index (χ4v) is 5.27. The van der Waals surface area contributed by atoms with Gasteiger partial charge in [0.05, 0.1) is 10.4 Å². The summed E-state index contributed by atoms with van der Waals surface area (Å²) in [4.78, 5) is 61.2. The van der Waals surface area contributed by atoms with E-state index in [0.29, 0.717) is 36.7 Å². The number of thioether (sulfide) groups is 1. The molecule has 3 amide bonds. The monoisotopic (exact) mass is 541 g/mol. The quantitative estimate of drug-likeness (QED) is 0.443. The first kappa shape index (κ1) is 26.3. The number of carbonyl (C=O) groups excluding carboxylic acids is 4. The van der Waals surface area contributed by atoms with Gasteiger partial charge in [-0.3, -0.25) is 29.5 Å². The SMILES string of the molecule is C=C(C)C(=O)CCC(=O)N1CCN(c2ccc(-c3ccnc4ccc(/C=C5\SC(=O)NC5=O)cc34)cn2)CC1. The molecule has 2 aromatic heterocycles. The van der Waals surface area contributed by atoms with Gasteiger partial charge in [-0.15, -0.1) is 0 Å². The van der Waals surface area contributed by atoms with E-state index in [1.54, 1.807) is 24.1 Å². The summed E-state index contributed by atoms with van der Waals surface area (Å²) in [7, 11) is 0. The smallest absolute Gasteiger partial charge is 0.290 e. The number of amides is 3. The molecule has 2 saturated heterocycles. The third-order valence-electron chi connectivity index (χ3n) is 6.76. The van der Waals surface area contributed by atoms with Crippen LogP contribution in [0, 0.1) is 0 Å². The first-order chi connectivity index (χ1) is 18.8. The van der Waals surface area contributed by atoms with E-state index in [1.165, 1.54) is 0 Å². The summed E-state index contributed by atoms with van der Waals surface area (Å²) in [5.41, 5.74) is 3.97. The normalized spacial score (nSPS) is 16.6. The highest BCUT2D eigenvalue weighted by Crippen LogP contribution is 2.31. The van der Waals surface area contributed by atoms with Crippen molar-refractivity contribution in [1.29, 1.82) is 0 Å². The number of hydrogen-bond acceptors (Lipinski definition) is 8. The molecular weight excluding hydrogens is 514 g/mol. The average Bonchev–Trinajstić information content (AvgIpc) is 3.27. The first-order valence-electron chi connectivity index (χ1n) is 12.6. The molecule has 0 atom stereocenters. The maximum atomic E-state index is 12.5. The number of imide groups is 1. The number of nitrogens with zero attached hydrogens (tertiary/aromatic N) is 4. The molecule has 198 valence electrons. The molecule has 5 rings (SSSR count). The molecule has 9 nitrogen and oxygen atoms in total. The van der Waals surface area contributed by atoms with Crippen LogP contribution in [0.15, 0.2) is 65.8 Å². The Morgan fingerprint density at radius 1 is 1.05 bits per heavy atom. The minimum atomic E-state index is -0.389. The predicted octanol–water partition coefficient (Wildman–Crippen LogP) is 4.19. The van der Waals surface area contributed by atoms with Gasteiger partial charge in [0.25, 0.3) is 11.1 Å². The van der Waals surface area contributed by atoms with E-state index < -0.39 is 0 Å². The summed E-state index contributed by atoms with van der Waals surface area (Å²) in [5, 5.41) is 2.81. The standard InChI is InChI=1S/C29H27N5O4S/c1-18(2)24(35)6-8-27(36)34-13-11-33(12-14-34)26-7-4-20(17-31-26)21-9-10-30-23-5-3-19(15-22(21)23)16-25-28(37)32-29(38)39-25/h3-5,7,9-10,15-17H,1,6,8,11-14H2,2H3,(H,32,37,38)/b25-16-. The largest absolute Gasteiger partial charge is 0.353 e. The average molecular weight is 542 g/mol. The van der Waals surface area contributed by atoms with E-state index in [9.17, 15) is 19.2 Å². The molecule has 1 N–H and O–H groups in total. The Bertz CT molecular complexity index is 1520. The van der Waals surface area contributed by atoms with Gasteiger partial charge in [0.1, 0.15) is 5.82 Å². The van der Waals surface area contributed by atoms with Crippen LogP contribution in [0.1, 0.15) is 25.3 Å². The third kappa shape index (κ3) is 5.91. The lowest BCUT2D eigenvalue weighted by molar-refractivity contribution is -0.133. The molecule has 0 radical (unpaired) electrons. The number of ketones is 1. The number of anilines is 1. The van der Waals surface area contributed by atoms with Crippen molar-refractivity contribution in [2.24, 2.45) is 0 Å². The molecule has 2 fully saturated rings. The van der Waals surface area contributed by atoms with Gasteiger partial charge in [-0.05, 0) is 71.8 Å². The van der Waals surface area contributed by atoms with Crippen molar-refractivity contribution in [3.8, 4) is 11.1 Å². The Hall–Kier alpha value is -4.31. The van der Waals surface area contributed by atoms with Gasteiger partial charge < -0.3 is 9.80 Å². The molecule has 0 saturated carbocycles. The Kier molecular flexibility index (Phi) is 7.56. The summed E-state index contributed by atoms with van der Waals surface area (Å²) >= 11 is 0.888. The number of Topliss-reactive ketones (excluding diaryl/α,β-unsaturated/α-hetero) is 1. The molecule has 10 heteroatoms. The highest BCUT2D eigenvalue weighted by Gasteiger charge is 2.25. The highest BCUT2D eigenvalue weighted by molar-refractivity contribution is 8.18. The van der Waals surface area contributed by atoms with Gasteiger partial charge in [-0.25, -0.2) is 4.98 Å². The van der Waals surface area contributed by atoms with Crippen molar-refractivity contribution in [1.82, 2.24) is 20.2 Å². The molecule has 39 heavy (non-hydrogen) atoms. The van der Waals surface area contributed by atoms with Crippen molar-refractivity contribution >= 4 is 57.4 Å². The molecule has 0 bridgehead atoms. The van der Waals surface area contributed by atoms with Gasteiger partial charge in [-0.2, -0.15) is 0 Å². The predicted molar refractivity (Wildman–Crippen MR) is 152 cm³/mol. The summed E-state index contributed by atoms with van der Waals surface area (Å²) in [5.74, 6) is 0.365. The maximum Gasteiger partial charge on any atom is 0.290 e. The molecular formula is C29H27N5O4S. The minimum Gasteiger partial charge on any atom is -0.353 e. The summed E-state index contributed by atoms with van der Waals surface area (Å²) in [6.07, 6.45) is 5.69. The number of aromatic nitrogens is 2. The molecule has 1 aromatic carbocycles. The van der Waals surface area contributed by atoms with Crippen LogP contribution in [0.5, 0.6) is 0 Å². The molecule has 0 spiro atoms. The van der Waals surface area contributed by atoms with Crippen LogP contribution < -0.4 is 10.2 Å². The lowest BCUT2D eigenvalue weighted by Gasteiger charge is -2.35. The molecule has 0 aliphatic carbocycles. The zero-order valence-electron chi connectivity index (χ0n) is 21.5. The second-order valence-electron chi connectivity index (χ2n) is 9.46. The Morgan fingerprint density at radius 2 is 1.85 bits per heavy atom. The van der Waals surface area contributed by atoms with Gasteiger partial charge in [0, 0.05) is 62.4 Å². The van der Waals surface area contributed by atoms with Crippen molar-refractivity contribution in [2.45, 2.75) is 19.8 Å². The van der Waals surface area contributed by atoms with Gasteiger partial charge in [0.15, 0.2) is 5.78 Å². The third-order valence-corrected chi connectivity index (χ3v) is 7.57. The highest BCUT2D eigenvalue weighted by atomic mass is 32.2. The molecule has 4 heterocycles. The Labute approximate surface area is 230 Å². The lowest BCUT2D eigenvalue weighted by Crippen LogP contribution is -2.49. The van der Waals surface area contributed by atoms with Gasteiger partial charge >= 0.3 is 0 Å². The topological polar surface area (TPSA) is 113 Å². The van der Waals surface area contributed by atoms with Crippen LogP contribution in [0.2, 0.25) is 0 Å². The zero-order chi connectivity index (χ0) is 27.5. The number of allylic oxidation sites excluding steroid dienone is 1. The van der Waals surface area contributed by atoms with Crippen LogP contribution in [-0.4, -0.2) is 63.9 Å². The van der Waals surface area contributed by atoms with E-state index in [-0.39, 0.29) is 35.7 Å². The van der Waals surface area contributed by atoms with Crippen LogP contribution in [0.4, 0.5) is 10.6 Å². The van der Waals surface area contributed by atoms with Gasteiger partial charge in [0.2, 0.25) is 5.91 Å². The van der Waals surface area contributed by atoms with Crippen molar-refractivity contribution < 1.29 is 19.2 Å². The first-order valence-corrected chi connectivity index (χ1v) is 13.4. The maximum absolute atomic E-state index is 12.5. The number of piperazine rings is 1. The van der Waals surface area contributed by atoms with Crippen LogP contribution in [0.25, 0.3) is 28.1 Å². The fraction of sp³-hybridized carbons (Fsp3) is 0.241. The number of rotatable bonds is 7. The number of fused-ring (bicyclic) bond motifs is 1. The molecule has 3 aromatic rings. The van der Waals surface area contributed by atoms with E-state index in [4.69, 9.17) is 4.98 Å². The van der Waals surface area contributed by atoms with Crippen LogP contribution in [0.3, 0.4) is 0 Å². The fourth-order valence-electron chi connectivity index (χ4n) is 4.59. The molecule has 0 unspecified atom stereocenters. The summed E-state index contributed by atoms with van der Waals surface area (Å²) < 4.78 is 0. The van der Waals surface area contributed by atoms with E-state index in [1.807, 2.05) is 42.6 Å². The van der Waals surface area contributed by atoms with Crippen molar-refractivity contribution in [3.05, 3.63) is 71.4 Å². The summed E-state index contributed by atoms with van der Waals surface area (Å²) in [6.45, 7) is 7.79. The Morgan fingerprint density at radius 3 is 2.51 bits per heavy atom. The number of nitrogens with one attached hydrogen (secondary N) is 1. The van der Waals surface area contributed by atoms with E-state index in [0.717, 1.165) is 45.2 Å². The van der Waals surface area contributed by atoms with Crippen molar-refractivity contribution in [2.75, 3.05) is 31.1 Å². The Balaban J connectivity index is 1.28. The summed E-state index contributed by atoms with van der Waals surface area (Å²) in [6, 6.07) is 11.6. The molecule has 2 aliphatic rings. The lowest BCUT2D eigenvalue weighted by atomic mass is 10.0. The molecule has 2 aliphatic heterocycles. The number of pyridine rings is 2. The van der Waals surface area contributed by atoms with E-state index >= 15 is 0 Å². The van der Waals surface area contributed by atoms with Crippen LogP contribution >= 0.6 is 11.8 Å². The second-order valence-corrected chi connectivity index (χ2v) is 10.5. The number of carbonyl (C=O) groups is 4.